The number of aryl methyl sites for hydroxylation is 1. The van der Waals surface area contributed by atoms with Gasteiger partial charge in [0.1, 0.15) is 29.8 Å². The number of H-pyrrole nitrogens is 1. The van der Waals surface area contributed by atoms with Crippen LogP contribution >= 0.6 is 7.14 Å². The van der Waals surface area contributed by atoms with Crippen LogP contribution in [-0.2, 0) is 11.6 Å². The van der Waals surface area contributed by atoms with Crippen molar-refractivity contribution in [2.45, 2.75) is 18.8 Å². The Bertz CT molecular complexity index is 2110. The van der Waals surface area contributed by atoms with E-state index < -0.39 is 7.14 Å². The highest BCUT2D eigenvalue weighted by Crippen LogP contribution is 2.42. The van der Waals surface area contributed by atoms with Gasteiger partial charge in [-0.1, -0.05) is 0 Å². The molecular formula is C32H36N11O2P. The molecule has 5 aromatic heterocycles. The van der Waals surface area contributed by atoms with Crippen LogP contribution in [0.25, 0.3) is 33.2 Å². The van der Waals surface area contributed by atoms with Gasteiger partial charge in [-0.25, -0.2) is 4.98 Å². The zero-order valence-electron chi connectivity index (χ0n) is 26.4. The molecule has 1 aliphatic heterocycles. The van der Waals surface area contributed by atoms with E-state index in [0.717, 1.165) is 48.1 Å². The molecule has 1 aliphatic rings. The Kier molecular flexibility index (Phi) is 7.66. The van der Waals surface area contributed by atoms with Crippen molar-refractivity contribution in [1.82, 2.24) is 44.6 Å². The molecular weight excluding hydrogens is 601 g/mol. The first kappa shape index (κ1) is 29.8. The molecule has 0 radical (unpaired) electrons. The normalized spacial score (nSPS) is 14.6. The van der Waals surface area contributed by atoms with Crippen molar-refractivity contribution >= 4 is 57.7 Å². The molecule has 0 amide bonds. The summed E-state index contributed by atoms with van der Waals surface area (Å²) >= 11 is 0. The number of benzene rings is 1. The molecule has 7 rings (SSSR count). The quantitative estimate of drug-likeness (QED) is 0.188. The number of hydrogen-bond donors (Lipinski definition) is 3. The van der Waals surface area contributed by atoms with E-state index in [4.69, 9.17) is 19.7 Å². The Hall–Kier alpha value is -4.87. The number of rotatable bonds is 8. The van der Waals surface area contributed by atoms with E-state index in [-0.39, 0.29) is 0 Å². The summed E-state index contributed by atoms with van der Waals surface area (Å²) in [7, 11) is 2.90. The molecule has 0 spiro atoms. The number of nitrogens with zero attached hydrogens (tertiary/aromatic N) is 8. The third-order valence-electron chi connectivity index (χ3n) is 8.40. The first-order chi connectivity index (χ1) is 22.2. The van der Waals surface area contributed by atoms with Crippen molar-refractivity contribution in [3.8, 4) is 17.0 Å². The minimum Gasteiger partial charge on any atom is -0.480 e. The van der Waals surface area contributed by atoms with Gasteiger partial charge in [0.25, 0.3) is 0 Å². The zero-order chi connectivity index (χ0) is 32.0. The lowest BCUT2D eigenvalue weighted by Crippen LogP contribution is -2.29. The number of fused-ring (bicyclic) bond motifs is 2. The summed E-state index contributed by atoms with van der Waals surface area (Å²) in [5.74, 6) is 1.62. The Morgan fingerprint density at radius 1 is 1.00 bits per heavy atom. The van der Waals surface area contributed by atoms with E-state index in [9.17, 15) is 4.57 Å². The Balaban J connectivity index is 1.31. The van der Waals surface area contributed by atoms with E-state index >= 15 is 0 Å². The van der Waals surface area contributed by atoms with E-state index in [2.05, 4.69) is 48.7 Å². The highest BCUT2D eigenvalue weighted by atomic mass is 31.2. The van der Waals surface area contributed by atoms with Crippen molar-refractivity contribution < 1.29 is 9.30 Å². The van der Waals surface area contributed by atoms with Gasteiger partial charge in [-0.15, -0.1) is 0 Å². The monoisotopic (exact) mass is 637 g/mol. The van der Waals surface area contributed by atoms with Crippen LogP contribution in [0.2, 0.25) is 0 Å². The van der Waals surface area contributed by atoms with Crippen LogP contribution in [0.4, 0.5) is 23.1 Å². The van der Waals surface area contributed by atoms with Crippen LogP contribution in [0.3, 0.4) is 0 Å². The number of ether oxygens (including phenoxy) is 1. The zero-order valence-corrected chi connectivity index (χ0v) is 27.3. The lowest BCUT2D eigenvalue weighted by molar-refractivity contribution is 0.253. The van der Waals surface area contributed by atoms with Crippen LogP contribution in [0.15, 0.2) is 55.2 Å². The minimum absolute atomic E-state index is 0.297. The maximum atomic E-state index is 13.6. The van der Waals surface area contributed by atoms with Crippen molar-refractivity contribution in [2.24, 2.45) is 7.05 Å². The van der Waals surface area contributed by atoms with Gasteiger partial charge in [-0.3, -0.25) is 14.6 Å². The van der Waals surface area contributed by atoms with Gasteiger partial charge in [0, 0.05) is 48.9 Å². The highest BCUT2D eigenvalue weighted by Gasteiger charge is 2.26. The van der Waals surface area contributed by atoms with Crippen LogP contribution in [-0.4, -0.2) is 85.2 Å². The minimum atomic E-state index is -2.78. The lowest BCUT2D eigenvalue weighted by atomic mass is 9.89. The first-order valence-electron chi connectivity index (χ1n) is 15.1. The van der Waals surface area contributed by atoms with Crippen LogP contribution < -0.4 is 20.7 Å². The number of aromatic nitrogens is 8. The molecule has 0 saturated carbocycles. The van der Waals surface area contributed by atoms with E-state index in [0.29, 0.717) is 56.9 Å². The molecule has 1 fully saturated rings. The SMILES string of the molecule is COc1nc(C2CCN(C)CC2)c(-c2cnn(C)c2)cc1Nc1nc(Nc2ccc3nccnc3c2P(C)(C)=O)c2cc[nH]c2n1. The van der Waals surface area contributed by atoms with Crippen LogP contribution in [0.1, 0.15) is 24.5 Å². The molecule has 6 heterocycles. The fourth-order valence-electron chi connectivity index (χ4n) is 6.15. The number of piperidine rings is 1. The summed E-state index contributed by atoms with van der Waals surface area (Å²) in [6.45, 7) is 5.49. The second kappa shape index (κ2) is 11.8. The standard InChI is InChI=1S/C32H36N11O2P/c1-42-14-9-19(10-15-42)26-22(20-17-36-43(2)18-20)16-25(31(39-26)45-3)38-32-40-29-21(8-11-35-29)30(41-32)37-24-7-6-23-27(34-13-12-33-23)28(24)46(4,5)44/h6-8,11-13,16-19H,9-10,14-15H2,1-5H3,(H3,35,37,38,40,41). The Morgan fingerprint density at radius 3 is 2.54 bits per heavy atom. The number of hydrogen-bond acceptors (Lipinski definition) is 11. The lowest BCUT2D eigenvalue weighted by Gasteiger charge is -2.30. The molecule has 46 heavy (non-hydrogen) atoms. The molecule has 0 bridgehead atoms. The number of pyridine rings is 1. The summed E-state index contributed by atoms with van der Waals surface area (Å²) in [6, 6.07) is 7.68. The number of methoxy groups -OCH3 is 1. The molecule has 13 nitrogen and oxygen atoms in total. The number of likely N-dealkylation sites (tertiary alicyclic amines) is 1. The summed E-state index contributed by atoms with van der Waals surface area (Å²) in [6.07, 6.45) is 10.9. The van der Waals surface area contributed by atoms with Crippen molar-refractivity contribution in [3.05, 3.63) is 60.9 Å². The van der Waals surface area contributed by atoms with Crippen molar-refractivity contribution in [2.75, 3.05) is 51.2 Å². The van der Waals surface area contributed by atoms with E-state index in [1.165, 1.54) is 0 Å². The van der Waals surface area contributed by atoms with Gasteiger partial charge in [-0.2, -0.15) is 15.1 Å². The largest absolute Gasteiger partial charge is 0.480 e. The Morgan fingerprint density at radius 2 is 1.80 bits per heavy atom. The topological polar surface area (TPSA) is 152 Å². The third kappa shape index (κ3) is 5.67. The maximum absolute atomic E-state index is 13.6. The predicted molar refractivity (Wildman–Crippen MR) is 182 cm³/mol. The molecule has 236 valence electrons. The van der Waals surface area contributed by atoms with Gasteiger partial charge in [-0.05, 0) is 70.6 Å². The molecule has 0 atom stereocenters. The fraction of sp³-hybridized carbons (Fsp3) is 0.312. The summed E-state index contributed by atoms with van der Waals surface area (Å²) < 4.78 is 21.2. The number of anilines is 4. The summed E-state index contributed by atoms with van der Waals surface area (Å²) in [5.41, 5.74) is 6.15. The van der Waals surface area contributed by atoms with Gasteiger partial charge < -0.3 is 29.8 Å². The van der Waals surface area contributed by atoms with Crippen molar-refractivity contribution in [1.29, 1.82) is 0 Å². The second-order valence-electron chi connectivity index (χ2n) is 12.1. The predicted octanol–water partition coefficient (Wildman–Crippen LogP) is 5.25. The number of aromatic amines is 1. The van der Waals surface area contributed by atoms with Gasteiger partial charge in [0.15, 0.2) is 0 Å². The molecule has 3 N–H and O–H groups in total. The van der Waals surface area contributed by atoms with Crippen LogP contribution in [0, 0.1) is 0 Å². The average molecular weight is 638 g/mol. The molecule has 1 saturated heterocycles. The van der Waals surface area contributed by atoms with Gasteiger partial charge in [0.05, 0.1) is 40.9 Å². The third-order valence-corrected chi connectivity index (χ3v) is 9.93. The van der Waals surface area contributed by atoms with E-state index in [1.807, 2.05) is 43.8 Å². The Labute approximate surface area is 266 Å². The summed E-state index contributed by atoms with van der Waals surface area (Å²) in [5, 5.41) is 12.6. The maximum Gasteiger partial charge on any atom is 0.237 e. The molecule has 0 aliphatic carbocycles. The molecule has 6 aromatic rings. The number of nitrogens with one attached hydrogen (secondary N) is 3. The molecule has 0 unspecified atom stereocenters. The molecule has 14 heteroatoms. The van der Waals surface area contributed by atoms with E-state index in [1.54, 1.807) is 37.5 Å². The molecule has 1 aromatic carbocycles. The first-order valence-corrected chi connectivity index (χ1v) is 17.7. The summed E-state index contributed by atoms with van der Waals surface area (Å²) in [4.78, 5) is 29.2. The fourth-order valence-corrected chi connectivity index (χ4v) is 7.54. The highest BCUT2D eigenvalue weighted by molar-refractivity contribution is 7.71. The second-order valence-corrected chi connectivity index (χ2v) is 15.2. The van der Waals surface area contributed by atoms with Gasteiger partial charge >= 0.3 is 0 Å². The average Bonchev–Trinajstić information content (AvgIpc) is 3.70. The van der Waals surface area contributed by atoms with Crippen molar-refractivity contribution in [3.63, 3.8) is 0 Å². The van der Waals surface area contributed by atoms with Gasteiger partial charge in [0.2, 0.25) is 11.8 Å². The smallest absolute Gasteiger partial charge is 0.237 e. The van der Waals surface area contributed by atoms with Crippen LogP contribution in [0.5, 0.6) is 5.88 Å².